The molecule has 2 fully saturated rings. The Bertz CT molecular complexity index is 614. The Labute approximate surface area is 166 Å². The van der Waals surface area contributed by atoms with Crippen molar-refractivity contribution in [3.63, 3.8) is 0 Å². The highest BCUT2D eigenvalue weighted by Gasteiger charge is 2.19. The molecule has 0 saturated carbocycles. The minimum absolute atomic E-state index is 0.139. The van der Waals surface area contributed by atoms with E-state index in [1.165, 1.54) is 6.42 Å². The lowest BCUT2D eigenvalue weighted by Gasteiger charge is -2.34. The lowest BCUT2D eigenvalue weighted by Crippen LogP contribution is -2.49. The largest absolute Gasteiger partial charge is 0.343 e. The van der Waals surface area contributed by atoms with Crippen LogP contribution in [0.25, 0.3) is 0 Å². The first kappa shape index (κ1) is 20.3. The summed E-state index contributed by atoms with van der Waals surface area (Å²) < 4.78 is 0. The van der Waals surface area contributed by atoms with Gasteiger partial charge in [-0.1, -0.05) is 0 Å². The molecule has 2 saturated heterocycles. The summed E-state index contributed by atoms with van der Waals surface area (Å²) in [6.07, 6.45) is 7.28. The Kier molecular flexibility index (Phi) is 7.83. The van der Waals surface area contributed by atoms with Crippen LogP contribution in [0.5, 0.6) is 0 Å². The van der Waals surface area contributed by atoms with Crippen LogP contribution in [0, 0.1) is 0 Å². The molecule has 9 heteroatoms. The van der Waals surface area contributed by atoms with Crippen molar-refractivity contribution in [2.45, 2.75) is 25.7 Å². The molecule has 0 atom stereocenters. The number of piperazine rings is 1. The smallest absolute Gasteiger partial charge is 0.314 e. The van der Waals surface area contributed by atoms with Gasteiger partial charge >= 0.3 is 6.03 Å². The van der Waals surface area contributed by atoms with Crippen LogP contribution >= 0.6 is 0 Å². The summed E-state index contributed by atoms with van der Waals surface area (Å²) in [5.41, 5.74) is 0. The fraction of sp³-hybridized carbons (Fsp3) is 0.684. The number of nitrogens with one attached hydrogen (secondary N) is 2. The van der Waals surface area contributed by atoms with Crippen LogP contribution in [0.1, 0.15) is 25.7 Å². The molecule has 2 aliphatic rings. The summed E-state index contributed by atoms with van der Waals surface area (Å²) in [5, 5.41) is 5.65. The number of hydrogen-bond donors (Lipinski definition) is 2. The van der Waals surface area contributed by atoms with Gasteiger partial charge in [-0.05, 0) is 25.3 Å². The zero-order valence-electron chi connectivity index (χ0n) is 16.5. The van der Waals surface area contributed by atoms with E-state index >= 15 is 0 Å². The predicted molar refractivity (Wildman–Crippen MR) is 107 cm³/mol. The molecule has 1 aromatic rings. The molecule has 3 heterocycles. The van der Waals surface area contributed by atoms with Crippen LogP contribution in [-0.2, 0) is 4.79 Å². The number of piperidine rings is 1. The van der Waals surface area contributed by atoms with Crippen molar-refractivity contribution in [3.05, 3.63) is 18.5 Å². The number of aromatic nitrogens is 2. The molecule has 0 spiro atoms. The number of carbonyl (C=O) groups excluding carboxylic acids is 2. The summed E-state index contributed by atoms with van der Waals surface area (Å²) in [5.74, 6) is 0.916. The first-order chi connectivity index (χ1) is 13.7. The number of anilines is 1. The Morgan fingerprint density at radius 1 is 0.893 bits per heavy atom. The van der Waals surface area contributed by atoms with Gasteiger partial charge in [-0.2, -0.15) is 0 Å². The molecule has 3 amide bonds. The maximum Gasteiger partial charge on any atom is 0.314 e. The van der Waals surface area contributed by atoms with E-state index in [9.17, 15) is 9.59 Å². The summed E-state index contributed by atoms with van der Waals surface area (Å²) in [6.45, 7) is 7.11. The number of rotatable bonds is 7. The monoisotopic (exact) mass is 389 g/mol. The van der Waals surface area contributed by atoms with Crippen LogP contribution in [0.15, 0.2) is 18.5 Å². The van der Waals surface area contributed by atoms with Crippen molar-refractivity contribution >= 4 is 17.9 Å². The zero-order chi connectivity index (χ0) is 19.6. The van der Waals surface area contributed by atoms with E-state index in [1.807, 2.05) is 11.0 Å². The Balaban J connectivity index is 1.23. The standard InChI is InChI=1S/C19H31N7O2/c27-17(25-10-2-1-3-11-25)5-8-22-19(28)23-9-12-24-13-15-26(16-14-24)18-20-6-4-7-21-18/h4,6-7H,1-3,5,8-16H2,(H2,22,23,28). The third kappa shape index (κ3) is 6.33. The minimum Gasteiger partial charge on any atom is -0.343 e. The second-order valence-corrected chi connectivity index (χ2v) is 7.25. The van der Waals surface area contributed by atoms with Gasteiger partial charge in [0.25, 0.3) is 0 Å². The average Bonchev–Trinajstić information content (AvgIpc) is 2.75. The van der Waals surface area contributed by atoms with E-state index in [4.69, 9.17) is 0 Å². The molecule has 154 valence electrons. The molecule has 1 aromatic heterocycles. The van der Waals surface area contributed by atoms with Gasteiger partial charge in [0, 0.05) is 77.7 Å². The molecule has 3 rings (SSSR count). The van der Waals surface area contributed by atoms with Gasteiger partial charge in [-0.25, -0.2) is 14.8 Å². The molecule has 0 unspecified atom stereocenters. The third-order valence-electron chi connectivity index (χ3n) is 5.25. The van der Waals surface area contributed by atoms with Gasteiger partial charge in [0.2, 0.25) is 11.9 Å². The third-order valence-corrected chi connectivity index (χ3v) is 5.25. The molecule has 0 radical (unpaired) electrons. The van der Waals surface area contributed by atoms with Crippen molar-refractivity contribution in [1.82, 2.24) is 30.4 Å². The Morgan fingerprint density at radius 3 is 2.29 bits per heavy atom. The summed E-state index contributed by atoms with van der Waals surface area (Å²) in [6, 6.07) is 1.61. The highest BCUT2D eigenvalue weighted by atomic mass is 16.2. The highest BCUT2D eigenvalue weighted by molar-refractivity contribution is 5.78. The first-order valence-electron chi connectivity index (χ1n) is 10.3. The van der Waals surface area contributed by atoms with Gasteiger partial charge in [-0.3, -0.25) is 9.69 Å². The Morgan fingerprint density at radius 2 is 1.57 bits per heavy atom. The number of hydrogen-bond acceptors (Lipinski definition) is 6. The minimum atomic E-state index is -0.206. The second kappa shape index (κ2) is 10.8. The molecule has 0 aromatic carbocycles. The van der Waals surface area contributed by atoms with Gasteiger partial charge in [0.05, 0.1) is 0 Å². The SMILES string of the molecule is O=C(NCCC(=O)N1CCCCC1)NCCN1CCN(c2ncccn2)CC1. The van der Waals surface area contributed by atoms with Crippen molar-refractivity contribution in [2.75, 3.05) is 63.8 Å². The lowest BCUT2D eigenvalue weighted by atomic mass is 10.1. The summed E-state index contributed by atoms with van der Waals surface area (Å²) >= 11 is 0. The number of carbonyl (C=O) groups is 2. The van der Waals surface area contributed by atoms with Gasteiger partial charge in [0.1, 0.15) is 0 Å². The topological polar surface area (TPSA) is 93.7 Å². The van der Waals surface area contributed by atoms with Crippen LogP contribution in [0.4, 0.5) is 10.7 Å². The van der Waals surface area contributed by atoms with Crippen molar-refractivity contribution in [1.29, 1.82) is 0 Å². The lowest BCUT2D eigenvalue weighted by molar-refractivity contribution is -0.131. The zero-order valence-corrected chi connectivity index (χ0v) is 16.5. The average molecular weight is 390 g/mol. The molecule has 9 nitrogen and oxygen atoms in total. The van der Waals surface area contributed by atoms with Gasteiger partial charge in [-0.15, -0.1) is 0 Å². The van der Waals surface area contributed by atoms with E-state index in [0.29, 0.717) is 19.5 Å². The fourth-order valence-corrected chi connectivity index (χ4v) is 3.60. The maximum absolute atomic E-state index is 12.1. The van der Waals surface area contributed by atoms with Crippen LogP contribution in [-0.4, -0.2) is 90.6 Å². The van der Waals surface area contributed by atoms with E-state index in [0.717, 1.165) is 64.6 Å². The quantitative estimate of drug-likeness (QED) is 0.697. The second-order valence-electron chi connectivity index (χ2n) is 7.25. The van der Waals surface area contributed by atoms with Crippen molar-refractivity contribution in [2.24, 2.45) is 0 Å². The van der Waals surface area contributed by atoms with Crippen LogP contribution < -0.4 is 15.5 Å². The number of nitrogens with zero attached hydrogens (tertiary/aromatic N) is 5. The number of amides is 3. The summed E-state index contributed by atoms with van der Waals surface area (Å²) in [4.78, 5) is 38.9. The first-order valence-corrected chi connectivity index (χ1v) is 10.3. The predicted octanol–water partition coefficient (Wildman–Crippen LogP) is 0.300. The van der Waals surface area contributed by atoms with Gasteiger partial charge < -0.3 is 20.4 Å². The van der Waals surface area contributed by atoms with Crippen molar-refractivity contribution < 1.29 is 9.59 Å². The molecule has 0 bridgehead atoms. The van der Waals surface area contributed by atoms with E-state index < -0.39 is 0 Å². The molecular weight excluding hydrogens is 358 g/mol. The van der Waals surface area contributed by atoms with Crippen molar-refractivity contribution in [3.8, 4) is 0 Å². The van der Waals surface area contributed by atoms with E-state index in [2.05, 4.69) is 30.4 Å². The van der Waals surface area contributed by atoms with Crippen LogP contribution in [0.3, 0.4) is 0 Å². The van der Waals surface area contributed by atoms with E-state index in [-0.39, 0.29) is 11.9 Å². The normalized spacial score (nSPS) is 18.0. The molecule has 28 heavy (non-hydrogen) atoms. The maximum atomic E-state index is 12.1. The highest BCUT2D eigenvalue weighted by Crippen LogP contribution is 2.10. The molecule has 2 aliphatic heterocycles. The van der Waals surface area contributed by atoms with Crippen LogP contribution in [0.2, 0.25) is 0 Å². The fourth-order valence-electron chi connectivity index (χ4n) is 3.60. The number of urea groups is 1. The summed E-state index contributed by atoms with van der Waals surface area (Å²) in [7, 11) is 0. The molecular formula is C19H31N7O2. The van der Waals surface area contributed by atoms with E-state index in [1.54, 1.807) is 12.4 Å². The van der Waals surface area contributed by atoms with Gasteiger partial charge in [0.15, 0.2) is 0 Å². The molecule has 0 aliphatic carbocycles. The Hall–Kier alpha value is -2.42. The number of likely N-dealkylation sites (tertiary alicyclic amines) is 1. The molecule has 2 N–H and O–H groups in total.